The van der Waals surface area contributed by atoms with Crippen LogP contribution in [0.3, 0.4) is 0 Å². The molecule has 0 fully saturated rings. The Labute approximate surface area is 136 Å². The van der Waals surface area contributed by atoms with Gasteiger partial charge in [-0.1, -0.05) is 58.6 Å². The first-order chi connectivity index (χ1) is 10.8. The molecule has 2 heterocycles. The van der Waals surface area contributed by atoms with E-state index in [-0.39, 0.29) is 0 Å². The minimum absolute atomic E-state index is 0.608. The highest BCUT2D eigenvalue weighted by atomic mass is 32.2. The molecule has 0 aliphatic rings. The lowest BCUT2D eigenvalue weighted by molar-refractivity contribution is 0.387. The Morgan fingerprint density at radius 2 is 2.09 bits per heavy atom. The van der Waals surface area contributed by atoms with Crippen LogP contribution in [0.5, 0.6) is 0 Å². The number of benzene rings is 1. The van der Waals surface area contributed by atoms with Crippen molar-refractivity contribution in [2.24, 2.45) is 0 Å². The predicted octanol–water partition coefficient (Wildman–Crippen LogP) is 3.18. The second-order valence-corrected chi connectivity index (χ2v) is 6.76. The molecule has 0 saturated carbocycles. The van der Waals surface area contributed by atoms with Crippen LogP contribution in [0.2, 0.25) is 0 Å². The summed E-state index contributed by atoms with van der Waals surface area (Å²) in [5, 5.41) is 16.2. The van der Waals surface area contributed by atoms with Gasteiger partial charge < -0.3 is 9.84 Å². The third-order valence-corrected chi connectivity index (χ3v) is 4.83. The summed E-state index contributed by atoms with van der Waals surface area (Å²) in [7, 11) is 0. The van der Waals surface area contributed by atoms with Crippen LogP contribution in [0.15, 0.2) is 39.2 Å². The Morgan fingerprint density at radius 1 is 1.23 bits per heavy atom. The van der Waals surface area contributed by atoms with E-state index in [0.717, 1.165) is 22.4 Å². The van der Waals surface area contributed by atoms with E-state index in [4.69, 9.17) is 4.52 Å². The van der Waals surface area contributed by atoms with Gasteiger partial charge in [-0.15, -0.1) is 10.2 Å². The number of nitrogens with zero attached hydrogens (tertiary/aromatic N) is 4. The van der Waals surface area contributed by atoms with Crippen molar-refractivity contribution in [2.75, 3.05) is 11.9 Å². The van der Waals surface area contributed by atoms with Crippen molar-refractivity contribution in [2.45, 2.75) is 23.4 Å². The summed E-state index contributed by atoms with van der Waals surface area (Å²) < 4.78 is 5.95. The van der Waals surface area contributed by atoms with Crippen LogP contribution in [-0.2, 0) is 12.2 Å². The number of rotatable bonds is 7. The van der Waals surface area contributed by atoms with E-state index in [1.54, 1.807) is 18.7 Å². The van der Waals surface area contributed by atoms with Crippen LogP contribution < -0.4 is 5.32 Å². The van der Waals surface area contributed by atoms with Crippen molar-refractivity contribution < 1.29 is 4.52 Å². The summed E-state index contributed by atoms with van der Waals surface area (Å²) in [6, 6.07) is 10.4. The topological polar surface area (TPSA) is 76.7 Å². The van der Waals surface area contributed by atoms with Gasteiger partial charge in [0.05, 0.1) is 5.75 Å². The standard InChI is InChI=1S/C14H15N5OS2/c1-10-16-12(20-19-10)9-21-14-18-17-13(22-14)15-8-7-11-5-3-2-4-6-11/h2-6H,7-9H2,1H3,(H,15,17). The van der Waals surface area contributed by atoms with Crippen molar-refractivity contribution in [1.29, 1.82) is 0 Å². The van der Waals surface area contributed by atoms with Crippen LogP contribution >= 0.6 is 23.1 Å². The molecule has 3 aromatic rings. The lowest BCUT2D eigenvalue weighted by Crippen LogP contribution is -2.04. The normalized spacial score (nSPS) is 10.8. The second-order valence-electron chi connectivity index (χ2n) is 4.56. The average molecular weight is 333 g/mol. The molecule has 0 atom stereocenters. The zero-order valence-corrected chi connectivity index (χ0v) is 13.7. The van der Waals surface area contributed by atoms with Crippen molar-refractivity contribution in [3.63, 3.8) is 0 Å². The number of aromatic nitrogens is 4. The molecular formula is C14H15N5OS2. The third-order valence-electron chi connectivity index (χ3n) is 2.83. The van der Waals surface area contributed by atoms with E-state index in [2.05, 4.69) is 37.8 Å². The fraction of sp³-hybridized carbons (Fsp3) is 0.286. The first kappa shape index (κ1) is 15.0. The highest BCUT2D eigenvalue weighted by molar-refractivity contribution is 8.00. The van der Waals surface area contributed by atoms with E-state index in [1.807, 2.05) is 18.2 Å². The van der Waals surface area contributed by atoms with Crippen molar-refractivity contribution in [3.8, 4) is 0 Å². The molecule has 8 heteroatoms. The van der Waals surface area contributed by atoms with Crippen molar-refractivity contribution in [3.05, 3.63) is 47.6 Å². The SMILES string of the molecule is Cc1noc(CSc2nnc(NCCc3ccccc3)s2)n1. The minimum Gasteiger partial charge on any atom is -0.360 e. The monoisotopic (exact) mass is 333 g/mol. The summed E-state index contributed by atoms with van der Waals surface area (Å²) >= 11 is 3.08. The molecule has 2 aromatic heterocycles. The number of aryl methyl sites for hydroxylation is 1. The molecule has 22 heavy (non-hydrogen) atoms. The van der Waals surface area contributed by atoms with E-state index in [0.29, 0.717) is 17.5 Å². The van der Waals surface area contributed by atoms with Crippen LogP contribution in [-0.4, -0.2) is 26.9 Å². The molecule has 3 rings (SSSR count). The zero-order valence-electron chi connectivity index (χ0n) is 12.0. The molecule has 0 saturated heterocycles. The quantitative estimate of drug-likeness (QED) is 0.665. The van der Waals surface area contributed by atoms with E-state index >= 15 is 0 Å². The average Bonchev–Trinajstić information content (AvgIpc) is 3.15. The van der Waals surface area contributed by atoms with E-state index in [1.165, 1.54) is 16.9 Å². The summed E-state index contributed by atoms with van der Waals surface area (Å²) in [4.78, 5) is 4.16. The minimum atomic E-state index is 0.608. The fourth-order valence-corrected chi connectivity index (χ4v) is 3.44. The van der Waals surface area contributed by atoms with Gasteiger partial charge in [0.1, 0.15) is 0 Å². The molecule has 0 unspecified atom stereocenters. The maximum atomic E-state index is 5.07. The number of thioether (sulfide) groups is 1. The molecule has 0 aliphatic carbocycles. The molecule has 0 spiro atoms. The molecule has 1 N–H and O–H groups in total. The predicted molar refractivity (Wildman–Crippen MR) is 87.1 cm³/mol. The molecular weight excluding hydrogens is 318 g/mol. The molecule has 0 bridgehead atoms. The first-order valence-electron chi connectivity index (χ1n) is 6.83. The Kier molecular flexibility index (Phi) is 5.02. The van der Waals surface area contributed by atoms with Crippen LogP contribution in [0.4, 0.5) is 5.13 Å². The number of nitrogens with one attached hydrogen (secondary N) is 1. The Hall–Kier alpha value is -1.93. The first-order valence-corrected chi connectivity index (χ1v) is 8.63. The van der Waals surface area contributed by atoms with Gasteiger partial charge in [-0.05, 0) is 18.9 Å². The maximum absolute atomic E-state index is 5.07. The second kappa shape index (κ2) is 7.37. The van der Waals surface area contributed by atoms with Crippen molar-refractivity contribution in [1.82, 2.24) is 20.3 Å². The lowest BCUT2D eigenvalue weighted by atomic mass is 10.2. The van der Waals surface area contributed by atoms with Gasteiger partial charge in [0.2, 0.25) is 11.0 Å². The van der Waals surface area contributed by atoms with Gasteiger partial charge in [0.15, 0.2) is 10.2 Å². The molecule has 6 nitrogen and oxygen atoms in total. The molecule has 0 aliphatic heterocycles. The number of hydrogen-bond acceptors (Lipinski definition) is 8. The van der Waals surface area contributed by atoms with Gasteiger partial charge in [-0.25, -0.2) is 0 Å². The summed E-state index contributed by atoms with van der Waals surface area (Å²) in [6.07, 6.45) is 0.962. The van der Waals surface area contributed by atoms with Gasteiger partial charge in [-0.3, -0.25) is 0 Å². The fourth-order valence-electron chi connectivity index (χ4n) is 1.82. The number of anilines is 1. The van der Waals surface area contributed by atoms with Gasteiger partial charge >= 0.3 is 0 Å². The number of hydrogen-bond donors (Lipinski definition) is 1. The van der Waals surface area contributed by atoms with Gasteiger partial charge in [0.25, 0.3) is 0 Å². The largest absolute Gasteiger partial charge is 0.360 e. The van der Waals surface area contributed by atoms with Crippen LogP contribution in [0.1, 0.15) is 17.3 Å². The van der Waals surface area contributed by atoms with Gasteiger partial charge in [0, 0.05) is 6.54 Å². The Balaban J connectivity index is 1.45. The highest BCUT2D eigenvalue weighted by Crippen LogP contribution is 2.27. The van der Waals surface area contributed by atoms with E-state index < -0.39 is 0 Å². The van der Waals surface area contributed by atoms with Crippen LogP contribution in [0.25, 0.3) is 0 Å². The summed E-state index contributed by atoms with van der Waals surface area (Å²) in [6.45, 7) is 2.64. The van der Waals surface area contributed by atoms with E-state index in [9.17, 15) is 0 Å². The third kappa shape index (κ3) is 4.28. The molecule has 114 valence electrons. The smallest absolute Gasteiger partial charge is 0.237 e. The maximum Gasteiger partial charge on any atom is 0.237 e. The zero-order chi connectivity index (χ0) is 15.2. The molecule has 0 radical (unpaired) electrons. The van der Waals surface area contributed by atoms with Crippen LogP contribution in [0, 0.1) is 6.92 Å². The van der Waals surface area contributed by atoms with Gasteiger partial charge in [-0.2, -0.15) is 4.98 Å². The highest BCUT2D eigenvalue weighted by Gasteiger charge is 2.08. The molecule has 0 amide bonds. The Bertz CT molecular complexity index is 713. The Morgan fingerprint density at radius 3 is 2.86 bits per heavy atom. The van der Waals surface area contributed by atoms with Crippen molar-refractivity contribution >= 4 is 28.2 Å². The molecule has 1 aromatic carbocycles. The lowest BCUT2D eigenvalue weighted by Gasteiger charge is -2.01. The summed E-state index contributed by atoms with van der Waals surface area (Å²) in [5.74, 6) is 1.87. The summed E-state index contributed by atoms with van der Waals surface area (Å²) in [5.41, 5.74) is 1.31.